The zero-order valence-corrected chi connectivity index (χ0v) is 15.9. The van der Waals surface area contributed by atoms with Gasteiger partial charge in [-0.3, -0.25) is 9.69 Å². The van der Waals surface area contributed by atoms with Crippen molar-refractivity contribution in [1.82, 2.24) is 10.2 Å². The van der Waals surface area contributed by atoms with Crippen LogP contribution in [0.4, 0.5) is 0 Å². The highest BCUT2D eigenvalue weighted by atomic mass is 16.2. The summed E-state index contributed by atoms with van der Waals surface area (Å²) >= 11 is 0. The van der Waals surface area contributed by atoms with Crippen LogP contribution in [-0.4, -0.2) is 23.9 Å². The highest BCUT2D eigenvalue weighted by molar-refractivity contribution is 5.82. The second kappa shape index (κ2) is 9.15. The van der Waals surface area contributed by atoms with Crippen LogP contribution in [-0.2, 0) is 11.3 Å². The summed E-state index contributed by atoms with van der Waals surface area (Å²) in [6.07, 6.45) is 0. The van der Waals surface area contributed by atoms with E-state index in [0.29, 0.717) is 0 Å². The molecule has 0 aromatic heterocycles. The van der Waals surface area contributed by atoms with Crippen molar-refractivity contribution in [1.29, 1.82) is 0 Å². The van der Waals surface area contributed by atoms with E-state index in [1.54, 1.807) is 0 Å². The third kappa shape index (κ3) is 5.05. The Balaban J connectivity index is 1.74. The summed E-state index contributed by atoms with van der Waals surface area (Å²) in [7, 11) is 1.98. The summed E-state index contributed by atoms with van der Waals surface area (Å²) in [6, 6.07) is 30.0. The number of nitrogens with zero attached hydrogens (tertiary/aromatic N) is 1. The van der Waals surface area contributed by atoms with E-state index in [-0.39, 0.29) is 18.0 Å². The van der Waals surface area contributed by atoms with Crippen LogP contribution in [0.15, 0.2) is 91.0 Å². The van der Waals surface area contributed by atoms with Crippen molar-refractivity contribution in [3.05, 3.63) is 108 Å². The van der Waals surface area contributed by atoms with Crippen LogP contribution in [0.3, 0.4) is 0 Å². The molecule has 0 heterocycles. The van der Waals surface area contributed by atoms with Gasteiger partial charge >= 0.3 is 0 Å². The first-order valence-corrected chi connectivity index (χ1v) is 9.29. The monoisotopic (exact) mass is 358 g/mol. The minimum atomic E-state index is -0.236. The fourth-order valence-electron chi connectivity index (χ4n) is 3.12. The van der Waals surface area contributed by atoms with Crippen molar-refractivity contribution in [2.24, 2.45) is 0 Å². The fraction of sp³-hybridized carbons (Fsp3) is 0.208. The molecule has 27 heavy (non-hydrogen) atoms. The molecule has 0 radical (unpaired) electrons. The second-order valence-corrected chi connectivity index (χ2v) is 6.84. The fourth-order valence-corrected chi connectivity index (χ4v) is 3.12. The third-order valence-electron chi connectivity index (χ3n) is 4.87. The molecular formula is C24H26N2O. The number of likely N-dealkylation sites (N-methyl/N-ethyl adjacent to an activating group) is 1. The van der Waals surface area contributed by atoms with Crippen molar-refractivity contribution >= 4 is 5.91 Å². The Labute approximate surface area is 161 Å². The van der Waals surface area contributed by atoms with Gasteiger partial charge in [0.15, 0.2) is 0 Å². The summed E-state index contributed by atoms with van der Waals surface area (Å²) < 4.78 is 0. The van der Waals surface area contributed by atoms with Crippen molar-refractivity contribution in [2.45, 2.75) is 25.6 Å². The Morgan fingerprint density at radius 3 is 1.74 bits per heavy atom. The van der Waals surface area contributed by atoms with E-state index in [1.165, 1.54) is 5.56 Å². The zero-order valence-electron chi connectivity index (χ0n) is 15.9. The first-order chi connectivity index (χ1) is 13.1. The maximum absolute atomic E-state index is 13.0. The lowest BCUT2D eigenvalue weighted by molar-refractivity contribution is -0.126. The molecule has 0 unspecified atom stereocenters. The maximum Gasteiger partial charge on any atom is 0.237 e. The lowest BCUT2D eigenvalue weighted by Crippen LogP contribution is -2.44. The molecule has 0 spiro atoms. The Morgan fingerprint density at radius 2 is 1.26 bits per heavy atom. The SMILES string of the molecule is C[C@H](C(=O)NC(c1ccccc1)c1ccccc1)N(C)Cc1ccccc1. The first-order valence-electron chi connectivity index (χ1n) is 9.29. The molecule has 0 saturated carbocycles. The van der Waals surface area contributed by atoms with Gasteiger partial charge in [0, 0.05) is 6.54 Å². The number of rotatable bonds is 7. The second-order valence-electron chi connectivity index (χ2n) is 6.84. The molecule has 0 bridgehead atoms. The molecule has 0 aliphatic carbocycles. The molecule has 0 aliphatic heterocycles. The van der Waals surface area contributed by atoms with E-state index in [4.69, 9.17) is 0 Å². The predicted molar refractivity (Wildman–Crippen MR) is 110 cm³/mol. The Bertz CT molecular complexity index is 795. The molecular weight excluding hydrogens is 332 g/mol. The quantitative estimate of drug-likeness (QED) is 0.678. The van der Waals surface area contributed by atoms with E-state index in [2.05, 4.69) is 46.6 Å². The molecule has 3 rings (SSSR count). The summed E-state index contributed by atoms with van der Waals surface area (Å²) in [5.74, 6) is 0.0196. The van der Waals surface area contributed by atoms with Gasteiger partial charge in [-0.1, -0.05) is 91.0 Å². The Hall–Kier alpha value is -2.91. The van der Waals surface area contributed by atoms with Gasteiger partial charge in [0.05, 0.1) is 12.1 Å². The molecule has 3 nitrogen and oxygen atoms in total. The van der Waals surface area contributed by atoms with E-state index < -0.39 is 0 Å². The van der Waals surface area contributed by atoms with Crippen molar-refractivity contribution in [3.8, 4) is 0 Å². The van der Waals surface area contributed by atoms with Crippen LogP contribution in [0.2, 0.25) is 0 Å². The van der Waals surface area contributed by atoms with Gasteiger partial charge in [0.25, 0.3) is 0 Å². The van der Waals surface area contributed by atoms with Crippen LogP contribution in [0.5, 0.6) is 0 Å². The lowest BCUT2D eigenvalue weighted by atomic mass is 9.98. The normalized spacial score (nSPS) is 12.1. The van der Waals surface area contributed by atoms with Crippen LogP contribution in [0.25, 0.3) is 0 Å². The molecule has 3 heteroatoms. The van der Waals surface area contributed by atoms with E-state index in [9.17, 15) is 4.79 Å². The van der Waals surface area contributed by atoms with Gasteiger partial charge in [0.1, 0.15) is 0 Å². The number of nitrogens with one attached hydrogen (secondary N) is 1. The first kappa shape index (κ1) is 18.9. The van der Waals surface area contributed by atoms with Gasteiger partial charge in [-0.05, 0) is 30.7 Å². The van der Waals surface area contributed by atoms with Crippen LogP contribution in [0.1, 0.15) is 29.7 Å². The third-order valence-corrected chi connectivity index (χ3v) is 4.87. The summed E-state index contributed by atoms with van der Waals surface area (Å²) in [6.45, 7) is 2.68. The highest BCUT2D eigenvalue weighted by Crippen LogP contribution is 2.22. The largest absolute Gasteiger partial charge is 0.344 e. The van der Waals surface area contributed by atoms with Gasteiger partial charge in [-0.25, -0.2) is 0 Å². The number of carbonyl (C=O) groups excluding carboxylic acids is 1. The summed E-state index contributed by atoms with van der Waals surface area (Å²) in [5, 5.41) is 3.24. The summed E-state index contributed by atoms with van der Waals surface area (Å²) in [4.78, 5) is 15.0. The van der Waals surface area contributed by atoms with Crippen LogP contribution >= 0.6 is 0 Å². The molecule has 0 aliphatic rings. The topological polar surface area (TPSA) is 32.3 Å². The van der Waals surface area contributed by atoms with Gasteiger partial charge in [0.2, 0.25) is 5.91 Å². The lowest BCUT2D eigenvalue weighted by Gasteiger charge is -2.27. The number of carbonyl (C=O) groups is 1. The van der Waals surface area contributed by atoms with Gasteiger partial charge in [-0.2, -0.15) is 0 Å². The molecule has 3 aromatic carbocycles. The molecule has 138 valence electrons. The molecule has 0 saturated heterocycles. The zero-order chi connectivity index (χ0) is 19.1. The molecule has 0 fully saturated rings. The maximum atomic E-state index is 13.0. The standard InChI is InChI=1S/C24H26N2O/c1-19(26(2)18-20-12-6-3-7-13-20)24(27)25-23(21-14-8-4-9-15-21)22-16-10-5-11-17-22/h3-17,19,23H,18H2,1-2H3,(H,25,27)/t19-/m1/s1. The number of hydrogen-bond donors (Lipinski definition) is 1. The van der Waals surface area contributed by atoms with Crippen molar-refractivity contribution < 1.29 is 4.79 Å². The molecule has 3 aromatic rings. The van der Waals surface area contributed by atoms with E-state index in [1.807, 2.05) is 68.6 Å². The number of benzene rings is 3. The predicted octanol–water partition coefficient (Wildman–Crippen LogP) is 4.41. The summed E-state index contributed by atoms with van der Waals surface area (Å²) in [5.41, 5.74) is 3.35. The molecule has 1 N–H and O–H groups in total. The molecule has 1 atom stereocenters. The average molecular weight is 358 g/mol. The van der Waals surface area contributed by atoms with Crippen molar-refractivity contribution in [2.75, 3.05) is 7.05 Å². The van der Waals surface area contributed by atoms with Crippen LogP contribution < -0.4 is 5.32 Å². The van der Waals surface area contributed by atoms with Crippen molar-refractivity contribution in [3.63, 3.8) is 0 Å². The minimum absolute atomic E-state index is 0.0196. The highest BCUT2D eigenvalue weighted by Gasteiger charge is 2.23. The van der Waals surface area contributed by atoms with E-state index in [0.717, 1.165) is 17.7 Å². The average Bonchev–Trinajstić information content (AvgIpc) is 2.73. The molecule has 1 amide bonds. The Morgan fingerprint density at radius 1 is 0.815 bits per heavy atom. The van der Waals surface area contributed by atoms with Gasteiger partial charge < -0.3 is 5.32 Å². The van der Waals surface area contributed by atoms with Crippen LogP contribution in [0, 0.1) is 0 Å². The smallest absolute Gasteiger partial charge is 0.237 e. The van der Waals surface area contributed by atoms with E-state index >= 15 is 0 Å². The number of amides is 1. The Kier molecular flexibility index (Phi) is 6.39. The number of hydrogen-bond acceptors (Lipinski definition) is 2. The van der Waals surface area contributed by atoms with Gasteiger partial charge in [-0.15, -0.1) is 0 Å². The minimum Gasteiger partial charge on any atom is -0.344 e.